The van der Waals surface area contributed by atoms with Gasteiger partial charge in [0.15, 0.2) is 0 Å². The van der Waals surface area contributed by atoms with E-state index in [1.54, 1.807) is 4.90 Å². The van der Waals surface area contributed by atoms with Crippen LogP contribution in [0.25, 0.3) is 0 Å². The van der Waals surface area contributed by atoms with Gasteiger partial charge in [-0.2, -0.15) is 0 Å². The van der Waals surface area contributed by atoms with Gasteiger partial charge in [-0.15, -0.1) is 0 Å². The van der Waals surface area contributed by atoms with Crippen molar-refractivity contribution in [3.05, 3.63) is 0 Å². The van der Waals surface area contributed by atoms with E-state index in [2.05, 4.69) is 189 Å². The summed E-state index contributed by atoms with van der Waals surface area (Å²) >= 11 is 0. The van der Waals surface area contributed by atoms with E-state index in [1.165, 1.54) is 10.2 Å². The van der Waals surface area contributed by atoms with Gasteiger partial charge in [0.25, 0.3) is 0 Å². The third-order valence-electron chi connectivity index (χ3n) is 9.00. The number of hydrogen-bond donors (Lipinski definition) is 1. The molecule has 0 fully saturated rings. The molecule has 0 atom stereocenters. The minimum absolute atomic E-state index is 0. The zero-order chi connectivity index (χ0) is 35.7. The van der Waals surface area contributed by atoms with Crippen LogP contribution in [0.1, 0.15) is 195 Å². The number of nitrogens with one attached hydrogen (secondary N) is 1. The summed E-state index contributed by atoms with van der Waals surface area (Å²) in [5.74, 6) is 0. The Kier molecular flexibility index (Phi) is 34.7. The monoisotopic (exact) mass is 648 g/mol. The molecule has 0 aromatic rings. The first-order valence-corrected chi connectivity index (χ1v) is 18.3. The van der Waals surface area contributed by atoms with Crippen LogP contribution in [-0.4, -0.2) is 92.2 Å². The lowest BCUT2D eigenvalue weighted by Gasteiger charge is -2.52. The van der Waals surface area contributed by atoms with Gasteiger partial charge in [0.1, 0.15) is 17.8 Å². The van der Waals surface area contributed by atoms with Gasteiger partial charge in [-0.05, 0) is 166 Å². The molecule has 0 aromatic carbocycles. The molecular formula is C41H99N4+3. The lowest BCUT2D eigenvalue weighted by Crippen LogP contribution is -3.20. The van der Waals surface area contributed by atoms with E-state index in [0.29, 0.717) is 54.4 Å². The average molecular weight is 648 g/mol. The number of nitrogens with zero attached hydrogens (tertiary/aromatic N) is 3. The first kappa shape index (κ1) is 56.9. The Bertz CT molecular complexity index is 566. The maximum Gasteiger partial charge on any atom is 0.147 e. The number of hydrogen-bond acceptors (Lipinski definition) is 1. The van der Waals surface area contributed by atoms with E-state index in [0.717, 1.165) is 18.1 Å². The van der Waals surface area contributed by atoms with E-state index in [4.69, 9.17) is 0 Å². The molecule has 0 saturated carbocycles. The van der Waals surface area contributed by atoms with Crippen molar-refractivity contribution in [3.63, 3.8) is 0 Å². The first-order chi connectivity index (χ1) is 19.2. The van der Waals surface area contributed by atoms with Crippen LogP contribution >= 0.6 is 0 Å². The molecule has 0 amide bonds. The molecule has 4 nitrogen and oxygen atoms in total. The van der Waals surface area contributed by atoms with Crippen molar-refractivity contribution in [3.8, 4) is 0 Å². The van der Waals surface area contributed by atoms with E-state index in [1.807, 2.05) is 0 Å². The summed E-state index contributed by atoms with van der Waals surface area (Å²) in [6, 6.07) is 8.34. The molecule has 4 heteroatoms. The fourth-order valence-corrected chi connectivity index (χ4v) is 9.00. The lowest BCUT2D eigenvalue weighted by atomic mass is 10.0. The quantitative estimate of drug-likeness (QED) is 0.126. The minimum Gasteiger partial charge on any atom is -0.329 e. The second kappa shape index (κ2) is 27.5. The maximum atomic E-state index is 2.50. The fourth-order valence-electron chi connectivity index (χ4n) is 9.00. The highest BCUT2D eigenvalue weighted by Gasteiger charge is 2.40. The standard InChI is InChI=1S/C12H28N.2C9H21N.C9H20N.2CH4/c1-9(2)13(10(3)4,11(5)6)12(7)8;3*1-7(2)10(8(3)4)9(5)6;;/h9-12H,1-8H3;2*7-9H,1-6H3;7-8H,1-6H3;2*1H4/q+1;;;+1;;/p+1. The Morgan fingerprint density at radius 3 is 0.622 bits per heavy atom. The lowest BCUT2D eigenvalue weighted by molar-refractivity contribution is -1.00. The average Bonchev–Trinajstić information content (AvgIpc) is 2.71. The van der Waals surface area contributed by atoms with E-state index in [-0.39, 0.29) is 14.9 Å². The number of rotatable bonds is 12. The maximum absolute atomic E-state index is 2.50. The Hall–Kier alpha value is -0.450. The molecule has 1 N–H and O–H groups in total. The molecule has 0 spiro atoms. The molecule has 0 saturated heterocycles. The van der Waals surface area contributed by atoms with Crippen LogP contribution in [-0.2, 0) is 0 Å². The van der Waals surface area contributed by atoms with Crippen molar-refractivity contribution < 1.29 is 14.0 Å². The molecular weight excluding hydrogens is 548 g/mol. The second-order valence-electron chi connectivity index (χ2n) is 16.5. The van der Waals surface area contributed by atoms with Crippen LogP contribution in [0.4, 0.5) is 0 Å². The number of quaternary nitrogens is 2. The van der Waals surface area contributed by atoms with Gasteiger partial charge in [-0.3, -0.25) is 4.90 Å². The Morgan fingerprint density at radius 1 is 0.422 bits per heavy atom. The van der Waals surface area contributed by atoms with Crippen LogP contribution in [0.2, 0.25) is 0 Å². The van der Waals surface area contributed by atoms with E-state index >= 15 is 0 Å². The van der Waals surface area contributed by atoms with Crippen molar-refractivity contribution >= 4 is 5.71 Å². The van der Waals surface area contributed by atoms with Gasteiger partial charge in [-0.1, -0.05) is 14.9 Å². The van der Waals surface area contributed by atoms with E-state index in [9.17, 15) is 0 Å². The van der Waals surface area contributed by atoms with Gasteiger partial charge in [0.05, 0.1) is 42.3 Å². The highest BCUT2D eigenvalue weighted by Crippen LogP contribution is 2.28. The Morgan fingerprint density at radius 2 is 0.622 bits per heavy atom. The summed E-state index contributed by atoms with van der Waals surface area (Å²) < 4.78 is 3.64. The summed E-state index contributed by atoms with van der Waals surface area (Å²) in [5, 5.41) is 0. The molecule has 0 aliphatic heterocycles. The van der Waals surface area contributed by atoms with E-state index < -0.39 is 0 Å². The molecule has 0 heterocycles. The topological polar surface area (TPSA) is 10.7 Å². The highest BCUT2D eigenvalue weighted by atomic mass is 15.4. The Balaban J connectivity index is -0.000000112. The smallest absolute Gasteiger partial charge is 0.147 e. The van der Waals surface area contributed by atoms with Crippen LogP contribution in [0.3, 0.4) is 0 Å². The van der Waals surface area contributed by atoms with Crippen LogP contribution in [0.15, 0.2) is 0 Å². The van der Waals surface area contributed by atoms with Crippen molar-refractivity contribution in [2.24, 2.45) is 0 Å². The third kappa shape index (κ3) is 21.2. The van der Waals surface area contributed by atoms with Gasteiger partial charge in [-0.25, -0.2) is 4.58 Å². The van der Waals surface area contributed by atoms with Crippen LogP contribution in [0, 0.1) is 0 Å². The first-order valence-electron chi connectivity index (χ1n) is 18.3. The highest BCUT2D eigenvalue weighted by molar-refractivity contribution is 5.73. The second-order valence-corrected chi connectivity index (χ2v) is 16.5. The molecule has 280 valence electrons. The molecule has 0 unspecified atom stereocenters. The molecule has 0 aliphatic carbocycles. The summed E-state index contributed by atoms with van der Waals surface area (Å²) in [6.07, 6.45) is 0. The third-order valence-corrected chi connectivity index (χ3v) is 9.00. The van der Waals surface area contributed by atoms with Crippen molar-refractivity contribution in [2.75, 3.05) is 0 Å². The van der Waals surface area contributed by atoms with Crippen LogP contribution < -0.4 is 4.90 Å². The summed E-state index contributed by atoms with van der Waals surface area (Å²) in [7, 11) is 0. The SMILES string of the molecule is C.C.CC(C)=[N+](C(C)C)C(C)C.CC(C)N(C(C)C)C(C)C.CC(C)[N+](C(C)C)(C(C)C)C(C)C.CC(C)[NH+](C(C)C)C(C)C. The summed E-state index contributed by atoms with van der Waals surface area (Å²) in [6.45, 7) is 59.2. The molecule has 0 aliphatic rings. The van der Waals surface area contributed by atoms with Gasteiger partial charge in [0.2, 0.25) is 0 Å². The van der Waals surface area contributed by atoms with Gasteiger partial charge < -0.3 is 9.38 Å². The largest absolute Gasteiger partial charge is 0.329 e. The van der Waals surface area contributed by atoms with Gasteiger partial charge >= 0.3 is 0 Å². The normalized spacial score (nSPS) is 12.0. The predicted molar refractivity (Wildman–Crippen MR) is 215 cm³/mol. The zero-order valence-electron chi connectivity index (χ0n) is 35.3. The van der Waals surface area contributed by atoms with Crippen molar-refractivity contribution in [1.82, 2.24) is 4.90 Å². The van der Waals surface area contributed by atoms with Crippen molar-refractivity contribution in [1.29, 1.82) is 0 Å². The Labute approximate surface area is 291 Å². The summed E-state index contributed by atoms with van der Waals surface area (Å²) in [4.78, 5) is 4.19. The molecule has 0 radical (unpaired) electrons. The minimum atomic E-state index is 0. The van der Waals surface area contributed by atoms with Crippen LogP contribution in [0.5, 0.6) is 0 Å². The van der Waals surface area contributed by atoms with Gasteiger partial charge in [0, 0.05) is 32.0 Å². The predicted octanol–water partition coefficient (Wildman–Crippen LogP) is 10.6. The molecule has 0 aromatic heterocycles. The van der Waals surface area contributed by atoms with Crippen molar-refractivity contribution in [2.45, 2.75) is 267 Å². The zero-order valence-corrected chi connectivity index (χ0v) is 35.3. The molecule has 0 rings (SSSR count). The molecule has 45 heavy (non-hydrogen) atoms. The summed E-state index contributed by atoms with van der Waals surface area (Å²) in [5.41, 5.74) is 1.41. The molecule has 0 bridgehead atoms. The fraction of sp³-hybridized carbons (Fsp3) is 0.976.